The summed E-state index contributed by atoms with van der Waals surface area (Å²) in [7, 11) is 2.86. The fourth-order valence-electron chi connectivity index (χ4n) is 2.32. The fourth-order valence-corrected chi connectivity index (χ4v) is 2.32. The van der Waals surface area contributed by atoms with Crippen molar-refractivity contribution in [2.75, 3.05) is 14.2 Å². The van der Waals surface area contributed by atoms with E-state index >= 15 is 0 Å². The largest absolute Gasteiger partial charge is 0.493 e. The number of ketones is 2. The number of carbonyl (C=O) groups is 3. The van der Waals surface area contributed by atoms with Gasteiger partial charge in [0.05, 0.1) is 26.2 Å². The zero-order chi connectivity index (χ0) is 16.3. The molecule has 22 heavy (non-hydrogen) atoms. The van der Waals surface area contributed by atoms with Crippen LogP contribution in [0.15, 0.2) is 12.1 Å². The number of Topliss-reactive ketones (excluding diaryl/α,β-unsaturated/α-hetero) is 2. The third-order valence-electron chi connectivity index (χ3n) is 3.62. The van der Waals surface area contributed by atoms with Crippen molar-refractivity contribution in [3.8, 4) is 11.5 Å². The maximum absolute atomic E-state index is 12.2. The lowest BCUT2D eigenvalue weighted by molar-refractivity contribution is -0.148. The Morgan fingerprint density at radius 1 is 1.18 bits per heavy atom. The maximum Gasteiger partial charge on any atom is 0.372 e. The van der Waals surface area contributed by atoms with E-state index in [1.54, 1.807) is 6.07 Å². The maximum atomic E-state index is 12.2. The molecule has 118 valence electrons. The molecule has 1 saturated carbocycles. The van der Waals surface area contributed by atoms with Crippen LogP contribution in [-0.2, 0) is 16.0 Å². The zero-order valence-electron chi connectivity index (χ0n) is 12.5. The SMILES string of the molecule is COc1cc(CC2CC2)cc(C(=O)CC(=O)C(=O)O)c1OC. The molecule has 0 heterocycles. The van der Waals surface area contributed by atoms with E-state index < -0.39 is 24.0 Å². The molecule has 0 bridgehead atoms. The summed E-state index contributed by atoms with van der Waals surface area (Å²) in [4.78, 5) is 34.1. The number of benzene rings is 1. The number of ether oxygens (including phenoxy) is 2. The highest BCUT2D eigenvalue weighted by atomic mass is 16.5. The van der Waals surface area contributed by atoms with E-state index in [1.165, 1.54) is 14.2 Å². The first-order chi connectivity index (χ1) is 10.5. The highest BCUT2D eigenvalue weighted by Gasteiger charge is 2.26. The third-order valence-corrected chi connectivity index (χ3v) is 3.62. The molecule has 0 aliphatic heterocycles. The number of aliphatic carboxylic acids is 1. The summed E-state index contributed by atoms with van der Waals surface area (Å²) < 4.78 is 10.4. The van der Waals surface area contributed by atoms with Crippen LogP contribution in [0.3, 0.4) is 0 Å². The second-order valence-corrected chi connectivity index (χ2v) is 5.35. The Balaban J connectivity index is 2.35. The first kappa shape index (κ1) is 16.0. The van der Waals surface area contributed by atoms with Gasteiger partial charge in [0, 0.05) is 0 Å². The van der Waals surface area contributed by atoms with Crippen LogP contribution in [0.4, 0.5) is 0 Å². The number of hydrogen-bond donors (Lipinski definition) is 1. The Morgan fingerprint density at radius 2 is 1.86 bits per heavy atom. The molecule has 1 aromatic rings. The van der Waals surface area contributed by atoms with Crippen molar-refractivity contribution in [2.24, 2.45) is 5.92 Å². The van der Waals surface area contributed by atoms with E-state index in [0.717, 1.165) is 24.8 Å². The van der Waals surface area contributed by atoms with Gasteiger partial charge in [-0.3, -0.25) is 9.59 Å². The summed E-state index contributed by atoms with van der Waals surface area (Å²) >= 11 is 0. The Kier molecular flexibility index (Phi) is 4.80. The third kappa shape index (κ3) is 3.63. The van der Waals surface area contributed by atoms with Gasteiger partial charge in [0.25, 0.3) is 0 Å². The van der Waals surface area contributed by atoms with Gasteiger partial charge in [-0.05, 0) is 42.9 Å². The predicted octanol–water partition coefficient (Wildman–Crippen LogP) is 1.88. The van der Waals surface area contributed by atoms with Crippen LogP contribution in [0.1, 0.15) is 35.2 Å². The van der Waals surface area contributed by atoms with Gasteiger partial charge < -0.3 is 14.6 Å². The molecule has 0 saturated heterocycles. The molecular weight excluding hydrogens is 288 g/mol. The van der Waals surface area contributed by atoms with Crippen molar-refractivity contribution in [2.45, 2.75) is 25.7 Å². The molecular formula is C16H18O6. The van der Waals surface area contributed by atoms with Crippen LogP contribution in [0.2, 0.25) is 0 Å². The minimum atomic E-state index is -1.62. The van der Waals surface area contributed by atoms with Crippen molar-refractivity contribution >= 4 is 17.5 Å². The standard InChI is InChI=1S/C16H18O6/c1-21-14-7-10(5-9-3-4-9)6-11(15(14)22-2)12(17)8-13(18)16(19)20/h6-7,9H,3-5,8H2,1-2H3,(H,19,20). The average Bonchev–Trinajstić information content (AvgIpc) is 3.29. The van der Waals surface area contributed by atoms with E-state index in [0.29, 0.717) is 11.7 Å². The van der Waals surface area contributed by atoms with Gasteiger partial charge in [-0.1, -0.05) is 0 Å². The van der Waals surface area contributed by atoms with E-state index in [4.69, 9.17) is 14.6 Å². The fraction of sp³-hybridized carbons (Fsp3) is 0.438. The Morgan fingerprint density at radius 3 is 2.36 bits per heavy atom. The molecule has 1 aliphatic rings. The molecule has 1 aromatic carbocycles. The van der Waals surface area contributed by atoms with Crippen molar-refractivity contribution in [1.82, 2.24) is 0 Å². The lowest BCUT2D eigenvalue weighted by atomic mass is 9.99. The number of carboxylic acid groups (broad SMARTS) is 1. The van der Waals surface area contributed by atoms with Gasteiger partial charge in [0.15, 0.2) is 17.3 Å². The summed E-state index contributed by atoms with van der Waals surface area (Å²) in [5.41, 5.74) is 1.11. The second-order valence-electron chi connectivity index (χ2n) is 5.35. The Labute approximate surface area is 128 Å². The van der Waals surface area contributed by atoms with Crippen LogP contribution in [0.5, 0.6) is 11.5 Å². The topological polar surface area (TPSA) is 89.9 Å². The van der Waals surface area contributed by atoms with Gasteiger partial charge in [0.2, 0.25) is 5.78 Å². The van der Waals surface area contributed by atoms with Gasteiger partial charge >= 0.3 is 5.97 Å². The summed E-state index contributed by atoms with van der Waals surface area (Å²) in [6.07, 6.45) is 2.46. The normalized spacial score (nSPS) is 13.5. The molecule has 1 N–H and O–H groups in total. The van der Waals surface area contributed by atoms with Crippen molar-refractivity contribution in [3.05, 3.63) is 23.3 Å². The number of rotatable bonds is 8. The lowest BCUT2D eigenvalue weighted by Gasteiger charge is -2.14. The van der Waals surface area contributed by atoms with Crippen molar-refractivity contribution < 1.29 is 29.0 Å². The number of carbonyl (C=O) groups excluding carboxylic acids is 2. The van der Waals surface area contributed by atoms with Crippen molar-refractivity contribution in [3.63, 3.8) is 0 Å². The van der Waals surface area contributed by atoms with Crippen LogP contribution in [-0.4, -0.2) is 36.9 Å². The van der Waals surface area contributed by atoms with E-state index in [1.807, 2.05) is 6.07 Å². The molecule has 0 aromatic heterocycles. The minimum Gasteiger partial charge on any atom is -0.493 e. The highest BCUT2D eigenvalue weighted by molar-refractivity contribution is 6.37. The molecule has 0 spiro atoms. The quantitative estimate of drug-likeness (QED) is 0.448. The first-order valence-electron chi connectivity index (χ1n) is 7.00. The summed E-state index contributed by atoms with van der Waals surface area (Å²) in [5, 5.41) is 8.63. The van der Waals surface area contributed by atoms with E-state index in [2.05, 4.69) is 0 Å². The number of methoxy groups -OCH3 is 2. The van der Waals surface area contributed by atoms with Crippen LogP contribution < -0.4 is 9.47 Å². The Hall–Kier alpha value is -2.37. The summed E-state index contributed by atoms with van der Waals surface area (Å²) in [6, 6.07) is 3.48. The van der Waals surface area contributed by atoms with Crippen molar-refractivity contribution in [1.29, 1.82) is 0 Å². The molecule has 0 unspecified atom stereocenters. The highest BCUT2D eigenvalue weighted by Crippen LogP contribution is 2.38. The van der Waals surface area contributed by atoms with Crippen LogP contribution in [0, 0.1) is 5.92 Å². The van der Waals surface area contributed by atoms with E-state index in [-0.39, 0.29) is 11.3 Å². The van der Waals surface area contributed by atoms with E-state index in [9.17, 15) is 14.4 Å². The molecule has 6 nitrogen and oxygen atoms in total. The summed E-state index contributed by atoms with van der Waals surface area (Å²) in [5.74, 6) is -2.09. The zero-order valence-corrected chi connectivity index (χ0v) is 12.5. The van der Waals surface area contributed by atoms with Gasteiger partial charge in [0.1, 0.15) is 0 Å². The molecule has 2 rings (SSSR count). The first-order valence-corrected chi connectivity index (χ1v) is 7.00. The van der Waals surface area contributed by atoms with Gasteiger partial charge in [-0.2, -0.15) is 0 Å². The average molecular weight is 306 g/mol. The molecule has 0 radical (unpaired) electrons. The van der Waals surface area contributed by atoms with Crippen LogP contribution in [0.25, 0.3) is 0 Å². The molecule has 0 atom stereocenters. The van der Waals surface area contributed by atoms with Gasteiger partial charge in [-0.15, -0.1) is 0 Å². The molecule has 0 amide bonds. The predicted molar refractivity (Wildman–Crippen MR) is 77.6 cm³/mol. The monoisotopic (exact) mass is 306 g/mol. The summed E-state index contributed by atoms with van der Waals surface area (Å²) in [6.45, 7) is 0. The van der Waals surface area contributed by atoms with Crippen LogP contribution >= 0.6 is 0 Å². The molecule has 1 aliphatic carbocycles. The number of carboxylic acids is 1. The number of hydrogen-bond acceptors (Lipinski definition) is 5. The molecule has 1 fully saturated rings. The molecule has 6 heteroatoms. The smallest absolute Gasteiger partial charge is 0.372 e. The Bertz CT molecular complexity index is 615. The van der Waals surface area contributed by atoms with Gasteiger partial charge in [-0.25, -0.2) is 4.79 Å². The second kappa shape index (κ2) is 6.60. The lowest BCUT2D eigenvalue weighted by Crippen LogP contribution is -2.18. The minimum absolute atomic E-state index is 0.187.